The minimum atomic E-state index is -4.73. The van der Waals surface area contributed by atoms with Crippen LogP contribution < -0.4 is 15.8 Å². The van der Waals surface area contributed by atoms with Gasteiger partial charge in [-0.3, -0.25) is 14.8 Å². The highest BCUT2D eigenvalue weighted by Gasteiger charge is 2.32. The van der Waals surface area contributed by atoms with Gasteiger partial charge < -0.3 is 25.6 Å². The first-order chi connectivity index (χ1) is 14.2. The number of carbonyl (C=O) groups excluding carboxylic acids is 1. The number of carbonyl (C=O) groups is 1. The molecular weight excluding hydrogens is 441 g/mol. The third kappa shape index (κ3) is 6.41. The average molecular weight is 462 g/mol. The molecule has 0 saturated carbocycles. The topological polar surface area (TPSA) is 146 Å². The maximum Gasteiger partial charge on any atom is 0.352 e. The van der Waals surface area contributed by atoms with Gasteiger partial charge in [-0.25, -0.2) is 0 Å². The Labute approximate surface area is 185 Å². The van der Waals surface area contributed by atoms with E-state index >= 15 is 0 Å². The van der Waals surface area contributed by atoms with Gasteiger partial charge in [0, 0.05) is 11.1 Å². The Bertz CT molecular complexity index is 1100. The molecule has 0 fully saturated rings. The van der Waals surface area contributed by atoms with Gasteiger partial charge in [0.05, 0.1) is 0 Å². The highest BCUT2D eigenvalue weighted by Crippen LogP contribution is 2.50. The van der Waals surface area contributed by atoms with E-state index in [1.807, 2.05) is 18.2 Å². The van der Waals surface area contributed by atoms with Crippen LogP contribution in [0.3, 0.4) is 0 Å². The standard InChI is InChI=1S/C21H20N3O5P.ClH/c22-19(23)14-9-11-15(12-10-14)21(30(26,27)28)24-20(25)16-5-4-8-18(13-16)29-17-6-2-1-3-7-17;/h1-13,21H,(H3,22,23)(H,24,25)(H2,26,27,28);1H. The molecule has 31 heavy (non-hydrogen) atoms. The quantitative estimate of drug-likeness (QED) is 0.205. The number of rotatable bonds is 7. The van der Waals surface area contributed by atoms with Crippen molar-refractivity contribution >= 4 is 31.7 Å². The molecule has 0 aliphatic heterocycles. The van der Waals surface area contributed by atoms with E-state index in [-0.39, 0.29) is 29.4 Å². The highest BCUT2D eigenvalue weighted by atomic mass is 35.5. The number of nitrogens with two attached hydrogens (primary N) is 1. The van der Waals surface area contributed by atoms with Gasteiger partial charge in [-0.2, -0.15) is 0 Å². The molecule has 1 amide bonds. The van der Waals surface area contributed by atoms with Gasteiger partial charge in [0.15, 0.2) is 5.78 Å². The Hall–Kier alpha value is -3.16. The third-order valence-electron chi connectivity index (χ3n) is 4.22. The summed E-state index contributed by atoms with van der Waals surface area (Å²) < 4.78 is 17.7. The van der Waals surface area contributed by atoms with Gasteiger partial charge in [0.25, 0.3) is 5.91 Å². The van der Waals surface area contributed by atoms with E-state index in [1.165, 1.54) is 36.4 Å². The van der Waals surface area contributed by atoms with Crippen LogP contribution in [-0.2, 0) is 4.57 Å². The van der Waals surface area contributed by atoms with Crippen molar-refractivity contribution in [3.8, 4) is 11.5 Å². The smallest absolute Gasteiger partial charge is 0.352 e. The third-order valence-corrected chi connectivity index (χ3v) is 5.32. The van der Waals surface area contributed by atoms with Gasteiger partial charge in [0.2, 0.25) is 0 Å². The van der Waals surface area contributed by atoms with Crippen LogP contribution in [0.4, 0.5) is 0 Å². The molecule has 1 atom stereocenters. The first-order valence-electron chi connectivity index (χ1n) is 8.87. The number of ether oxygens (including phenoxy) is 1. The number of benzene rings is 3. The van der Waals surface area contributed by atoms with Crippen LogP contribution in [0.25, 0.3) is 0 Å². The van der Waals surface area contributed by atoms with E-state index in [2.05, 4.69) is 5.32 Å². The molecule has 0 radical (unpaired) electrons. The lowest BCUT2D eigenvalue weighted by Crippen LogP contribution is -2.28. The Morgan fingerprint density at radius 2 is 1.55 bits per heavy atom. The van der Waals surface area contributed by atoms with Crippen molar-refractivity contribution in [1.82, 2.24) is 5.32 Å². The number of para-hydroxylation sites is 1. The molecule has 0 heterocycles. The lowest BCUT2D eigenvalue weighted by molar-refractivity contribution is 0.0942. The molecule has 8 nitrogen and oxygen atoms in total. The van der Waals surface area contributed by atoms with E-state index in [4.69, 9.17) is 15.9 Å². The zero-order valence-corrected chi connectivity index (χ0v) is 17.8. The molecule has 10 heteroatoms. The molecule has 0 aliphatic rings. The fraction of sp³-hybridized carbons (Fsp3) is 0.0476. The molecule has 0 spiro atoms. The minimum Gasteiger partial charge on any atom is -0.457 e. The van der Waals surface area contributed by atoms with Gasteiger partial charge in [-0.15, -0.1) is 12.4 Å². The van der Waals surface area contributed by atoms with Crippen molar-refractivity contribution in [1.29, 1.82) is 5.41 Å². The van der Waals surface area contributed by atoms with Crippen molar-refractivity contribution < 1.29 is 23.9 Å². The molecule has 0 aliphatic carbocycles. The second kappa shape index (κ2) is 10.2. The van der Waals surface area contributed by atoms with Crippen LogP contribution in [-0.4, -0.2) is 21.5 Å². The van der Waals surface area contributed by atoms with E-state index in [1.54, 1.807) is 24.3 Å². The SMILES string of the molecule is Cl.N=C(N)c1ccc(C(NC(=O)c2cccc(Oc3ccccc3)c2)P(=O)(O)O)cc1. The molecule has 0 aromatic heterocycles. The van der Waals surface area contributed by atoms with Gasteiger partial charge in [0.1, 0.15) is 17.3 Å². The summed E-state index contributed by atoms with van der Waals surface area (Å²) in [5, 5.41) is 9.79. The van der Waals surface area contributed by atoms with Crippen molar-refractivity contribution in [2.24, 2.45) is 5.73 Å². The number of hydrogen-bond acceptors (Lipinski definition) is 4. The summed E-state index contributed by atoms with van der Waals surface area (Å²) in [7, 11) is -4.73. The number of nitrogens with one attached hydrogen (secondary N) is 2. The number of amidine groups is 1. The molecule has 3 aromatic rings. The molecule has 3 aromatic carbocycles. The van der Waals surface area contributed by atoms with Crippen molar-refractivity contribution in [2.45, 2.75) is 5.78 Å². The normalized spacial score (nSPS) is 11.7. The van der Waals surface area contributed by atoms with E-state index < -0.39 is 19.3 Å². The summed E-state index contributed by atoms with van der Waals surface area (Å²) in [4.78, 5) is 32.2. The van der Waals surface area contributed by atoms with Crippen LogP contribution in [0.15, 0.2) is 78.9 Å². The van der Waals surface area contributed by atoms with Gasteiger partial charge in [-0.05, 0) is 35.9 Å². The van der Waals surface area contributed by atoms with Crippen molar-refractivity contribution in [3.63, 3.8) is 0 Å². The highest BCUT2D eigenvalue weighted by molar-refractivity contribution is 7.52. The number of hydrogen-bond donors (Lipinski definition) is 5. The maximum absolute atomic E-state index is 12.7. The lowest BCUT2D eigenvalue weighted by atomic mass is 10.1. The Morgan fingerprint density at radius 1 is 0.935 bits per heavy atom. The van der Waals surface area contributed by atoms with Crippen LogP contribution in [0.2, 0.25) is 0 Å². The second-order valence-electron chi connectivity index (χ2n) is 6.44. The molecule has 3 rings (SSSR count). The largest absolute Gasteiger partial charge is 0.457 e. The number of amides is 1. The van der Waals surface area contributed by atoms with Crippen LogP contribution in [0.5, 0.6) is 11.5 Å². The lowest BCUT2D eigenvalue weighted by Gasteiger charge is -2.21. The fourth-order valence-corrected chi connectivity index (χ4v) is 3.59. The molecule has 0 saturated heterocycles. The summed E-state index contributed by atoms with van der Waals surface area (Å²) in [6.07, 6.45) is 0. The maximum atomic E-state index is 12.7. The summed E-state index contributed by atoms with van der Waals surface area (Å²) in [5.41, 5.74) is 6.18. The molecule has 6 N–H and O–H groups in total. The average Bonchev–Trinajstić information content (AvgIpc) is 2.72. The Morgan fingerprint density at radius 3 is 2.13 bits per heavy atom. The van der Waals surface area contributed by atoms with Gasteiger partial charge >= 0.3 is 7.60 Å². The molecule has 0 bridgehead atoms. The monoisotopic (exact) mass is 461 g/mol. The van der Waals surface area contributed by atoms with E-state index in [0.29, 0.717) is 17.1 Å². The minimum absolute atomic E-state index is 0. The predicted molar refractivity (Wildman–Crippen MR) is 120 cm³/mol. The number of nitrogen functional groups attached to an aromatic ring is 1. The van der Waals surface area contributed by atoms with Crippen LogP contribution in [0, 0.1) is 5.41 Å². The van der Waals surface area contributed by atoms with Crippen LogP contribution >= 0.6 is 20.0 Å². The van der Waals surface area contributed by atoms with Crippen molar-refractivity contribution in [3.05, 3.63) is 95.6 Å². The Kier molecular flexibility index (Phi) is 7.96. The fourth-order valence-electron chi connectivity index (χ4n) is 2.74. The van der Waals surface area contributed by atoms with Gasteiger partial charge in [-0.1, -0.05) is 48.5 Å². The van der Waals surface area contributed by atoms with E-state index in [9.17, 15) is 19.1 Å². The first kappa shape index (κ1) is 24.1. The summed E-state index contributed by atoms with van der Waals surface area (Å²) in [6, 6.07) is 21.0. The predicted octanol–water partition coefficient (Wildman–Crippen LogP) is 3.79. The van der Waals surface area contributed by atoms with Crippen molar-refractivity contribution in [2.75, 3.05) is 0 Å². The summed E-state index contributed by atoms with van der Waals surface area (Å²) in [5.74, 6) is -1.39. The zero-order valence-electron chi connectivity index (χ0n) is 16.1. The zero-order chi connectivity index (χ0) is 21.7. The first-order valence-corrected chi connectivity index (χ1v) is 10.6. The second-order valence-corrected chi connectivity index (χ2v) is 8.14. The van der Waals surface area contributed by atoms with E-state index in [0.717, 1.165) is 0 Å². The number of halogens is 1. The molecular formula is C21H21ClN3O5P. The molecule has 1 unspecified atom stereocenters. The summed E-state index contributed by atoms with van der Waals surface area (Å²) in [6.45, 7) is 0. The summed E-state index contributed by atoms with van der Waals surface area (Å²) >= 11 is 0. The Balaban J connectivity index is 0.00000341. The molecule has 162 valence electrons. The van der Waals surface area contributed by atoms with Crippen LogP contribution in [0.1, 0.15) is 27.3 Å².